The number of rotatable bonds is 0. The third-order valence-corrected chi connectivity index (χ3v) is 0.868. The zero-order valence-corrected chi connectivity index (χ0v) is 8.21. The van der Waals surface area contributed by atoms with E-state index in [0.29, 0.717) is 0 Å². The molecule has 0 saturated carbocycles. The molecule has 4 heteroatoms. The van der Waals surface area contributed by atoms with Crippen LogP contribution in [0.2, 0.25) is 0 Å². The third-order valence-electron chi connectivity index (χ3n) is 0.868. The first kappa shape index (κ1) is 8.50. The summed E-state index contributed by atoms with van der Waals surface area (Å²) in [4.78, 5) is 14.1. The van der Waals surface area contributed by atoms with Crippen molar-refractivity contribution in [2.24, 2.45) is 0 Å². The number of carbonyl (C=O) groups is 1. The van der Waals surface area contributed by atoms with Crippen LogP contribution in [0.5, 0.6) is 0 Å². The Hall–Kier alpha value is -0.497. The molecule has 0 fully saturated rings. The summed E-state index contributed by atoms with van der Waals surface area (Å²) in [7, 11) is 0. The van der Waals surface area contributed by atoms with E-state index < -0.39 is 0 Å². The van der Waals surface area contributed by atoms with Crippen molar-refractivity contribution in [2.75, 3.05) is 0 Å². The molecule has 1 aromatic heterocycles. The molecule has 0 aliphatic carbocycles. The zero-order chi connectivity index (χ0) is 5.98. The van der Waals surface area contributed by atoms with E-state index >= 15 is 0 Å². The molecular formula is C5H6N2OZn. The van der Waals surface area contributed by atoms with Gasteiger partial charge in [0.05, 0.1) is 0 Å². The van der Waals surface area contributed by atoms with Crippen molar-refractivity contribution in [1.82, 2.24) is 9.55 Å². The molecule has 0 aliphatic heterocycles. The fourth-order valence-electron chi connectivity index (χ4n) is 0.445. The van der Waals surface area contributed by atoms with Crippen LogP contribution in [-0.4, -0.2) is 15.5 Å². The van der Waals surface area contributed by atoms with Crippen LogP contribution < -0.4 is 0 Å². The molecule has 0 aliphatic rings. The Morgan fingerprint density at radius 3 is 2.56 bits per heavy atom. The van der Waals surface area contributed by atoms with Crippen LogP contribution in [0.4, 0.5) is 0 Å². The summed E-state index contributed by atoms with van der Waals surface area (Å²) in [6.45, 7) is 1.49. The maximum atomic E-state index is 10.4. The summed E-state index contributed by atoms with van der Waals surface area (Å²) in [6, 6.07) is 0. The molecule has 44 valence electrons. The molecule has 3 nitrogen and oxygen atoms in total. The molecule has 0 N–H and O–H groups in total. The van der Waals surface area contributed by atoms with E-state index in [1.54, 1.807) is 12.4 Å². The van der Waals surface area contributed by atoms with Gasteiger partial charge in [-0.1, -0.05) is 0 Å². The van der Waals surface area contributed by atoms with E-state index in [9.17, 15) is 4.79 Å². The standard InChI is InChI=1S/C5H6N2O.Zn/c1-5(8)7-3-2-6-4-7;/h2-4H,1H3;. The first-order valence-electron chi connectivity index (χ1n) is 2.29. The Labute approximate surface area is 65.8 Å². The van der Waals surface area contributed by atoms with Crippen LogP contribution >= 0.6 is 0 Å². The number of aromatic nitrogens is 2. The maximum absolute atomic E-state index is 10.4. The molecule has 0 unspecified atom stereocenters. The Balaban J connectivity index is 0.000000640. The van der Waals surface area contributed by atoms with E-state index in [2.05, 4.69) is 4.98 Å². The van der Waals surface area contributed by atoms with Crippen LogP contribution in [0.3, 0.4) is 0 Å². The topological polar surface area (TPSA) is 34.9 Å². The van der Waals surface area contributed by atoms with Gasteiger partial charge in [0.15, 0.2) is 0 Å². The Bertz CT molecular complexity index is 183. The predicted octanol–water partition coefficient (Wildman–Crippen LogP) is 0.541. The minimum absolute atomic E-state index is 0. The molecule has 1 aromatic rings. The molecule has 1 heterocycles. The summed E-state index contributed by atoms with van der Waals surface area (Å²) in [6.07, 6.45) is 4.66. The minimum atomic E-state index is -0.0116. The number of imidazole rings is 1. The average molecular weight is 176 g/mol. The van der Waals surface area contributed by atoms with Gasteiger partial charge in [0.25, 0.3) is 0 Å². The number of hydrogen-bond acceptors (Lipinski definition) is 2. The summed E-state index contributed by atoms with van der Waals surface area (Å²) in [5, 5.41) is 0. The van der Waals surface area contributed by atoms with Gasteiger partial charge in [-0.2, -0.15) is 0 Å². The normalized spacial score (nSPS) is 8.11. The van der Waals surface area contributed by atoms with Crippen molar-refractivity contribution < 1.29 is 24.3 Å². The van der Waals surface area contributed by atoms with Crippen molar-refractivity contribution in [2.45, 2.75) is 6.92 Å². The van der Waals surface area contributed by atoms with Gasteiger partial charge in [0, 0.05) is 38.8 Å². The van der Waals surface area contributed by atoms with Crippen molar-refractivity contribution in [3.63, 3.8) is 0 Å². The molecule has 0 amide bonds. The molecule has 0 spiro atoms. The summed E-state index contributed by atoms with van der Waals surface area (Å²) >= 11 is 0. The van der Waals surface area contributed by atoms with Gasteiger partial charge in [0.2, 0.25) is 5.91 Å². The quantitative estimate of drug-likeness (QED) is 0.540. The van der Waals surface area contributed by atoms with Crippen molar-refractivity contribution in [3.8, 4) is 0 Å². The number of nitrogens with zero attached hydrogens (tertiary/aromatic N) is 2. The first-order chi connectivity index (χ1) is 3.80. The van der Waals surface area contributed by atoms with Crippen molar-refractivity contribution >= 4 is 5.91 Å². The number of carbonyl (C=O) groups excluding carboxylic acids is 1. The molecule has 9 heavy (non-hydrogen) atoms. The van der Waals surface area contributed by atoms with E-state index in [-0.39, 0.29) is 25.4 Å². The summed E-state index contributed by atoms with van der Waals surface area (Å²) in [5.41, 5.74) is 0. The van der Waals surface area contributed by atoms with Gasteiger partial charge < -0.3 is 0 Å². The Morgan fingerprint density at radius 2 is 2.33 bits per heavy atom. The third kappa shape index (κ3) is 2.06. The second-order valence-electron chi connectivity index (χ2n) is 1.49. The second kappa shape index (κ2) is 3.51. The smallest absolute Gasteiger partial charge is 0.228 e. The van der Waals surface area contributed by atoms with Crippen molar-refractivity contribution in [1.29, 1.82) is 0 Å². The Morgan fingerprint density at radius 1 is 1.67 bits per heavy atom. The minimum Gasteiger partial charge on any atom is -0.277 e. The molecule has 0 radical (unpaired) electrons. The molecule has 1 rings (SSSR count). The van der Waals surface area contributed by atoms with Crippen molar-refractivity contribution in [3.05, 3.63) is 18.7 Å². The zero-order valence-electron chi connectivity index (χ0n) is 5.24. The van der Waals surface area contributed by atoms with Gasteiger partial charge in [-0.25, -0.2) is 4.98 Å². The SMILES string of the molecule is CC(=O)n1ccnc1.[Zn]. The van der Waals surface area contributed by atoms with E-state index in [1.807, 2.05) is 0 Å². The molecule has 0 atom stereocenters. The molecule has 0 saturated heterocycles. The van der Waals surface area contributed by atoms with Crippen LogP contribution in [0.25, 0.3) is 0 Å². The van der Waals surface area contributed by atoms with Gasteiger partial charge >= 0.3 is 0 Å². The van der Waals surface area contributed by atoms with Gasteiger partial charge in [0.1, 0.15) is 6.33 Å². The van der Waals surface area contributed by atoms with Gasteiger partial charge in [-0.3, -0.25) is 9.36 Å². The van der Waals surface area contributed by atoms with Crippen LogP contribution in [0.1, 0.15) is 11.7 Å². The van der Waals surface area contributed by atoms with Crippen LogP contribution in [0, 0.1) is 0 Å². The van der Waals surface area contributed by atoms with Crippen LogP contribution in [0.15, 0.2) is 18.7 Å². The summed E-state index contributed by atoms with van der Waals surface area (Å²) < 4.78 is 1.42. The number of hydrogen-bond donors (Lipinski definition) is 0. The average Bonchev–Trinajstić information content (AvgIpc) is 2.12. The second-order valence-corrected chi connectivity index (χ2v) is 1.49. The Kier molecular flexibility index (Phi) is 3.32. The predicted molar refractivity (Wildman–Crippen MR) is 28.5 cm³/mol. The fourth-order valence-corrected chi connectivity index (χ4v) is 0.445. The first-order valence-corrected chi connectivity index (χ1v) is 2.29. The van der Waals surface area contributed by atoms with E-state index in [0.717, 1.165) is 0 Å². The summed E-state index contributed by atoms with van der Waals surface area (Å²) in [5.74, 6) is -0.0116. The maximum Gasteiger partial charge on any atom is 0.228 e. The van der Waals surface area contributed by atoms with Gasteiger partial charge in [-0.15, -0.1) is 0 Å². The molecule has 0 aromatic carbocycles. The van der Waals surface area contributed by atoms with E-state index in [1.165, 1.54) is 17.8 Å². The van der Waals surface area contributed by atoms with Crippen LogP contribution in [-0.2, 0) is 19.5 Å². The van der Waals surface area contributed by atoms with E-state index in [4.69, 9.17) is 0 Å². The fraction of sp³-hybridized carbons (Fsp3) is 0.200. The molecule has 0 bridgehead atoms. The monoisotopic (exact) mass is 174 g/mol. The largest absolute Gasteiger partial charge is 0.277 e. The molecular weight excluding hydrogens is 169 g/mol. The van der Waals surface area contributed by atoms with Gasteiger partial charge in [-0.05, 0) is 0 Å².